The van der Waals surface area contributed by atoms with Crippen molar-refractivity contribution in [2.75, 3.05) is 5.75 Å². The second-order valence-electron chi connectivity index (χ2n) is 5.18. The maximum atomic E-state index is 12.4. The van der Waals surface area contributed by atoms with E-state index in [1.54, 1.807) is 0 Å². The highest BCUT2D eigenvalue weighted by atomic mass is 32.2. The van der Waals surface area contributed by atoms with Crippen molar-refractivity contribution in [3.63, 3.8) is 0 Å². The molecule has 0 amide bonds. The molecule has 3 unspecified atom stereocenters. The van der Waals surface area contributed by atoms with E-state index in [9.17, 15) is 9.00 Å². The normalized spacial score (nSPS) is 23.2. The van der Waals surface area contributed by atoms with Gasteiger partial charge in [-0.2, -0.15) is 0 Å². The molecular weight excluding hydrogens is 288 g/mol. The molecule has 2 aromatic carbocycles. The first-order valence-electron chi connectivity index (χ1n) is 6.89. The maximum Gasteiger partial charge on any atom is 0.332 e. The second kappa shape index (κ2) is 5.95. The predicted octanol–water partition coefficient (Wildman–Crippen LogP) is 2.58. The second-order valence-corrected chi connectivity index (χ2v) is 6.68. The third kappa shape index (κ3) is 3.14. The number of ether oxygens (including phenoxy) is 1. The smallest absolute Gasteiger partial charge is 0.332 e. The van der Waals surface area contributed by atoms with Crippen LogP contribution in [0.3, 0.4) is 0 Å². The summed E-state index contributed by atoms with van der Waals surface area (Å²) in [5, 5.41) is 11.1. The van der Waals surface area contributed by atoms with Gasteiger partial charge in [-0.1, -0.05) is 30.3 Å². The van der Waals surface area contributed by atoms with Crippen molar-refractivity contribution in [1.29, 1.82) is 0 Å². The Morgan fingerprint density at radius 3 is 2.67 bits per heavy atom. The van der Waals surface area contributed by atoms with Gasteiger partial charge in [0.2, 0.25) is 0 Å². The Kier molecular flexibility index (Phi) is 4.03. The van der Waals surface area contributed by atoms with Gasteiger partial charge in [0.15, 0.2) is 6.10 Å². The number of carboxylic acid groups (broad SMARTS) is 1. The number of hydrogen-bond acceptors (Lipinski definition) is 3. The largest absolute Gasteiger partial charge is 0.479 e. The summed E-state index contributed by atoms with van der Waals surface area (Å²) in [6.07, 6.45) is 0.160. The molecule has 1 heterocycles. The van der Waals surface area contributed by atoms with E-state index in [2.05, 4.69) is 0 Å². The Balaban J connectivity index is 1.71. The molecule has 0 aliphatic carbocycles. The molecule has 1 saturated heterocycles. The lowest BCUT2D eigenvalue weighted by Gasteiger charge is -2.11. The third-order valence-corrected chi connectivity index (χ3v) is 5.16. The van der Waals surface area contributed by atoms with Crippen LogP contribution in [0.15, 0.2) is 47.4 Å². The zero-order valence-corrected chi connectivity index (χ0v) is 12.2. The lowest BCUT2D eigenvalue weighted by molar-refractivity contribution is -0.148. The van der Waals surface area contributed by atoms with Crippen LogP contribution in [0.4, 0.5) is 0 Å². The monoisotopic (exact) mass is 304 g/mol. The van der Waals surface area contributed by atoms with E-state index in [-0.39, 0.29) is 6.10 Å². The van der Waals surface area contributed by atoms with Crippen LogP contribution in [0.1, 0.15) is 12.8 Å². The van der Waals surface area contributed by atoms with Crippen LogP contribution < -0.4 is 0 Å². The molecule has 2 aromatic rings. The van der Waals surface area contributed by atoms with Gasteiger partial charge >= 0.3 is 5.97 Å². The molecule has 21 heavy (non-hydrogen) atoms. The number of hydrogen-bond donors (Lipinski definition) is 1. The van der Waals surface area contributed by atoms with Crippen LogP contribution in [0.2, 0.25) is 0 Å². The Hall–Kier alpha value is -1.72. The van der Waals surface area contributed by atoms with Gasteiger partial charge in [0.05, 0.1) is 22.7 Å². The maximum absolute atomic E-state index is 12.4. The molecule has 0 saturated carbocycles. The SMILES string of the molecule is O=C(O)C1CCC(CS(=O)c2ccc3ccccc3c2)O1. The fraction of sp³-hybridized carbons (Fsp3) is 0.312. The molecule has 1 aliphatic rings. The van der Waals surface area contributed by atoms with E-state index < -0.39 is 22.9 Å². The van der Waals surface area contributed by atoms with E-state index in [0.29, 0.717) is 18.6 Å². The van der Waals surface area contributed by atoms with Crippen LogP contribution in [-0.4, -0.2) is 33.2 Å². The van der Waals surface area contributed by atoms with E-state index >= 15 is 0 Å². The third-order valence-electron chi connectivity index (χ3n) is 3.70. The highest BCUT2D eigenvalue weighted by Crippen LogP contribution is 2.23. The molecule has 0 spiro atoms. The van der Waals surface area contributed by atoms with Gasteiger partial charge in [-0.15, -0.1) is 0 Å². The summed E-state index contributed by atoms with van der Waals surface area (Å²) in [4.78, 5) is 11.6. The minimum Gasteiger partial charge on any atom is -0.479 e. The Morgan fingerprint density at radius 2 is 1.95 bits per heavy atom. The lowest BCUT2D eigenvalue weighted by atomic mass is 10.1. The number of rotatable bonds is 4. The molecule has 0 radical (unpaired) electrons. The number of fused-ring (bicyclic) bond motifs is 1. The first kappa shape index (κ1) is 14.2. The summed E-state index contributed by atoms with van der Waals surface area (Å²) in [5.41, 5.74) is 0. The Bertz CT molecular complexity index is 697. The number of benzene rings is 2. The molecule has 1 aliphatic heterocycles. The van der Waals surface area contributed by atoms with E-state index in [1.165, 1.54) is 0 Å². The molecular formula is C16H16O4S. The number of carboxylic acids is 1. The van der Waals surface area contributed by atoms with Crippen LogP contribution in [0.25, 0.3) is 10.8 Å². The van der Waals surface area contributed by atoms with Gasteiger partial charge in [-0.3, -0.25) is 4.21 Å². The molecule has 1 fully saturated rings. The topological polar surface area (TPSA) is 63.6 Å². The van der Waals surface area contributed by atoms with Gasteiger partial charge in [-0.05, 0) is 35.7 Å². The molecule has 110 valence electrons. The van der Waals surface area contributed by atoms with E-state index in [1.807, 2.05) is 42.5 Å². The van der Waals surface area contributed by atoms with Crippen molar-refractivity contribution < 1.29 is 18.8 Å². The predicted molar refractivity (Wildman–Crippen MR) is 80.8 cm³/mol. The summed E-state index contributed by atoms with van der Waals surface area (Å²) >= 11 is 0. The van der Waals surface area contributed by atoms with Gasteiger partial charge in [0.25, 0.3) is 0 Å². The first-order valence-corrected chi connectivity index (χ1v) is 8.21. The fourth-order valence-electron chi connectivity index (χ4n) is 2.58. The Labute approximate surface area is 125 Å². The molecule has 0 bridgehead atoms. The van der Waals surface area contributed by atoms with Crippen molar-refractivity contribution in [2.24, 2.45) is 0 Å². The average Bonchev–Trinajstić information content (AvgIpc) is 2.95. The molecule has 0 aromatic heterocycles. The highest BCUT2D eigenvalue weighted by Gasteiger charge is 2.31. The highest BCUT2D eigenvalue weighted by molar-refractivity contribution is 7.85. The van der Waals surface area contributed by atoms with Crippen LogP contribution in [-0.2, 0) is 20.3 Å². The van der Waals surface area contributed by atoms with Crippen molar-refractivity contribution >= 4 is 27.5 Å². The van der Waals surface area contributed by atoms with Crippen molar-refractivity contribution in [3.05, 3.63) is 42.5 Å². The van der Waals surface area contributed by atoms with Crippen LogP contribution in [0.5, 0.6) is 0 Å². The number of carbonyl (C=O) groups is 1. The molecule has 4 nitrogen and oxygen atoms in total. The first-order chi connectivity index (χ1) is 10.1. The number of aliphatic carboxylic acids is 1. The Morgan fingerprint density at radius 1 is 1.19 bits per heavy atom. The van der Waals surface area contributed by atoms with Gasteiger partial charge in [0, 0.05) is 4.90 Å². The quantitative estimate of drug-likeness (QED) is 0.943. The summed E-state index contributed by atoms with van der Waals surface area (Å²) in [6.45, 7) is 0. The summed E-state index contributed by atoms with van der Waals surface area (Å²) in [5.74, 6) is -0.587. The fourth-order valence-corrected chi connectivity index (χ4v) is 3.84. The van der Waals surface area contributed by atoms with Gasteiger partial charge in [-0.25, -0.2) is 4.79 Å². The van der Waals surface area contributed by atoms with Gasteiger partial charge < -0.3 is 9.84 Å². The standard InChI is InChI=1S/C16H16O4S/c17-16(18)15-8-6-13(20-15)10-21(19)14-7-5-11-3-1-2-4-12(11)9-14/h1-5,7,9,13,15H,6,8,10H2,(H,17,18). The molecule has 3 rings (SSSR count). The lowest BCUT2D eigenvalue weighted by Crippen LogP contribution is -2.23. The summed E-state index contributed by atoms with van der Waals surface area (Å²) in [6, 6.07) is 13.7. The molecule has 5 heteroatoms. The zero-order valence-electron chi connectivity index (χ0n) is 11.4. The van der Waals surface area contributed by atoms with Gasteiger partial charge in [0.1, 0.15) is 0 Å². The van der Waals surface area contributed by atoms with Crippen LogP contribution in [0, 0.1) is 0 Å². The molecule has 1 N–H and O–H groups in total. The minimum absolute atomic E-state index is 0.238. The zero-order chi connectivity index (χ0) is 14.8. The van der Waals surface area contributed by atoms with E-state index in [0.717, 1.165) is 15.7 Å². The van der Waals surface area contributed by atoms with E-state index in [4.69, 9.17) is 9.84 Å². The summed E-state index contributed by atoms with van der Waals surface area (Å²) < 4.78 is 17.8. The molecule has 3 atom stereocenters. The van der Waals surface area contributed by atoms with Crippen molar-refractivity contribution in [3.8, 4) is 0 Å². The van der Waals surface area contributed by atoms with Crippen molar-refractivity contribution in [1.82, 2.24) is 0 Å². The average molecular weight is 304 g/mol. The summed E-state index contributed by atoms with van der Waals surface area (Å²) in [7, 11) is -1.18. The minimum atomic E-state index is -1.18. The van der Waals surface area contributed by atoms with Crippen molar-refractivity contribution in [2.45, 2.75) is 29.9 Å². The van der Waals surface area contributed by atoms with Crippen LogP contribution >= 0.6 is 0 Å².